The van der Waals surface area contributed by atoms with Gasteiger partial charge in [-0.05, 0) is 68.1 Å². The second-order valence-corrected chi connectivity index (χ2v) is 9.99. The molecule has 0 aromatic heterocycles. The monoisotopic (exact) mass is 473 g/mol. The molecule has 2 amide bonds. The maximum absolute atomic E-state index is 13.1. The van der Waals surface area contributed by atoms with Gasteiger partial charge in [0.1, 0.15) is 0 Å². The molecule has 33 heavy (non-hydrogen) atoms. The number of hydrogen-bond acceptors (Lipinski definition) is 5. The summed E-state index contributed by atoms with van der Waals surface area (Å²) in [6.07, 6.45) is 1.45. The number of sulfonamides is 1. The number of nitrogens with zero attached hydrogens (tertiary/aromatic N) is 1. The molecule has 2 N–H and O–H groups in total. The molecule has 1 fully saturated rings. The van der Waals surface area contributed by atoms with E-state index >= 15 is 0 Å². The van der Waals surface area contributed by atoms with Crippen LogP contribution in [0.2, 0.25) is 0 Å². The fourth-order valence-corrected chi connectivity index (χ4v) is 4.92. The summed E-state index contributed by atoms with van der Waals surface area (Å²) in [5, 5.41) is 2.83. The number of carbonyl (C=O) groups excluding carboxylic acids is 2. The standard InChI is InChI=1S/C24H31N3O5S/c1-17-9-10-22(14-18(17)2)33(30,31)26-21-8-4-6-19(15-21)24(29)27-12-5-7-20(16-27)23(28)25-11-13-32-3/h4,6,8-10,14-15,20,26H,5,7,11-13,16H2,1-3H3,(H,25,28)/t20-/m1/s1. The highest BCUT2D eigenvalue weighted by molar-refractivity contribution is 7.92. The molecule has 1 atom stereocenters. The Kier molecular flexibility index (Phi) is 8.10. The lowest BCUT2D eigenvalue weighted by atomic mass is 9.96. The van der Waals surface area contributed by atoms with Crippen LogP contribution in [-0.2, 0) is 19.6 Å². The average molecular weight is 474 g/mol. The predicted molar refractivity (Wildman–Crippen MR) is 127 cm³/mol. The molecule has 0 bridgehead atoms. The van der Waals surface area contributed by atoms with E-state index in [1.54, 1.807) is 48.4 Å². The maximum Gasteiger partial charge on any atom is 0.261 e. The molecule has 0 radical (unpaired) electrons. The third-order valence-electron chi connectivity index (χ3n) is 5.84. The highest BCUT2D eigenvalue weighted by atomic mass is 32.2. The smallest absolute Gasteiger partial charge is 0.261 e. The molecule has 1 saturated heterocycles. The van der Waals surface area contributed by atoms with E-state index in [2.05, 4.69) is 10.0 Å². The Bertz CT molecular complexity index is 1120. The van der Waals surface area contributed by atoms with Gasteiger partial charge in [0.2, 0.25) is 5.91 Å². The third kappa shape index (κ3) is 6.33. The molecule has 1 aliphatic heterocycles. The van der Waals surface area contributed by atoms with E-state index in [0.717, 1.165) is 24.0 Å². The van der Waals surface area contributed by atoms with Gasteiger partial charge < -0.3 is 15.0 Å². The molecule has 2 aromatic rings. The van der Waals surface area contributed by atoms with Gasteiger partial charge in [-0.1, -0.05) is 12.1 Å². The second-order valence-electron chi connectivity index (χ2n) is 8.31. The second kappa shape index (κ2) is 10.8. The van der Waals surface area contributed by atoms with Crippen molar-refractivity contribution in [1.29, 1.82) is 0 Å². The summed E-state index contributed by atoms with van der Waals surface area (Å²) in [5.41, 5.74) is 2.57. The molecule has 0 aliphatic carbocycles. The molecule has 0 spiro atoms. The van der Waals surface area contributed by atoms with Crippen molar-refractivity contribution in [3.63, 3.8) is 0 Å². The van der Waals surface area contributed by atoms with E-state index in [4.69, 9.17) is 4.74 Å². The molecule has 178 valence electrons. The van der Waals surface area contributed by atoms with Crippen LogP contribution < -0.4 is 10.0 Å². The summed E-state index contributed by atoms with van der Waals surface area (Å²) in [7, 11) is -2.22. The maximum atomic E-state index is 13.1. The summed E-state index contributed by atoms with van der Waals surface area (Å²) in [5.74, 6) is -0.581. The minimum Gasteiger partial charge on any atom is -0.383 e. The molecular formula is C24H31N3O5S. The van der Waals surface area contributed by atoms with Gasteiger partial charge in [-0.25, -0.2) is 8.42 Å². The zero-order valence-corrected chi connectivity index (χ0v) is 20.1. The Morgan fingerprint density at radius 1 is 1.12 bits per heavy atom. The fraction of sp³-hybridized carbons (Fsp3) is 0.417. The van der Waals surface area contributed by atoms with Crippen LogP contribution in [0.4, 0.5) is 5.69 Å². The largest absolute Gasteiger partial charge is 0.383 e. The van der Waals surface area contributed by atoms with E-state index in [1.807, 2.05) is 13.8 Å². The summed E-state index contributed by atoms with van der Waals surface area (Å²) in [4.78, 5) is 27.3. The number of aryl methyl sites for hydroxylation is 2. The van der Waals surface area contributed by atoms with Crippen LogP contribution in [-0.4, -0.2) is 58.5 Å². The van der Waals surface area contributed by atoms with Gasteiger partial charge in [-0.3, -0.25) is 14.3 Å². The highest BCUT2D eigenvalue weighted by Gasteiger charge is 2.29. The first-order valence-corrected chi connectivity index (χ1v) is 12.5. The van der Waals surface area contributed by atoms with E-state index in [0.29, 0.717) is 37.5 Å². The number of anilines is 1. The lowest BCUT2D eigenvalue weighted by Crippen LogP contribution is -2.45. The lowest BCUT2D eigenvalue weighted by molar-refractivity contribution is -0.126. The van der Waals surface area contributed by atoms with Crippen LogP contribution in [0.15, 0.2) is 47.4 Å². The topological polar surface area (TPSA) is 105 Å². The summed E-state index contributed by atoms with van der Waals surface area (Å²) in [6, 6.07) is 11.4. The summed E-state index contributed by atoms with van der Waals surface area (Å²) < 4.78 is 33.1. The van der Waals surface area contributed by atoms with Gasteiger partial charge in [0.15, 0.2) is 0 Å². The molecule has 8 nitrogen and oxygen atoms in total. The van der Waals surface area contributed by atoms with Crippen molar-refractivity contribution in [3.8, 4) is 0 Å². The quantitative estimate of drug-likeness (QED) is 0.574. The van der Waals surface area contributed by atoms with Crippen molar-refractivity contribution in [3.05, 3.63) is 59.2 Å². The summed E-state index contributed by atoms with van der Waals surface area (Å²) >= 11 is 0. The molecular weight excluding hydrogens is 442 g/mol. The Morgan fingerprint density at radius 2 is 1.91 bits per heavy atom. The van der Waals surface area contributed by atoms with Gasteiger partial charge in [0, 0.05) is 38.0 Å². The van der Waals surface area contributed by atoms with E-state index in [-0.39, 0.29) is 22.6 Å². The normalized spacial score (nSPS) is 16.3. The number of hydrogen-bond donors (Lipinski definition) is 2. The Hall–Kier alpha value is -2.91. The van der Waals surface area contributed by atoms with E-state index in [1.165, 1.54) is 6.07 Å². The Morgan fingerprint density at radius 3 is 2.64 bits per heavy atom. The van der Waals surface area contributed by atoms with Crippen molar-refractivity contribution in [2.45, 2.75) is 31.6 Å². The minimum absolute atomic E-state index is 0.0838. The third-order valence-corrected chi connectivity index (χ3v) is 7.21. The van der Waals surface area contributed by atoms with Crippen molar-refractivity contribution >= 4 is 27.5 Å². The molecule has 0 unspecified atom stereocenters. The van der Waals surface area contributed by atoms with E-state index in [9.17, 15) is 18.0 Å². The number of benzene rings is 2. The number of methoxy groups -OCH3 is 1. The Balaban J connectivity index is 1.70. The SMILES string of the molecule is COCCNC(=O)[C@@H]1CCCN(C(=O)c2cccc(NS(=O)(=O)c3ccc(C)c(C)c3)c2)C1. The first-order valence-electron chi connectivity index (χ1n) is 11.0. The molecule has 0 saturated carbocycles. The first-order chi connectivity index (χ1) is 15.7. The number of amides is 2. The van der Waals surface area contributed by atoms with Crippen molar-refractivity contribution < 1.29 is 22.7 Å². The van der Waals surface area contributed by atoms with Crippen LogP contribution >= 0.6 is 0 Å². The average Bonchev–Trinajstić information content (AvgIpc) is 2.80. The van der Waals surface area contributed by atoms with Crippen LogP contribution in [0.5, 0.6) is 0 Å². The predicted octanol–water partition coefficient (Wildman–Crippen LogP) is 2.72. The minimum atomic E-state index is -3.79. The molecule has 1 heterocycles. The van der Waals surface area contributed by atoms with Crippen LogP contribution in [0.25, 0.3) is 0 Å². The number of rotatable bonds is 8. The molecule has 2 aromatic carbocycles. The number of carbonyl (C=O) groups is 2. The van der Waals surface area contributed by atoms with Crippen LogP contribution in [0.3, 0.4) is 0 Å². The van der Waals surface area contributed by atoms with Crippen LogP contribution in [0.1, 0.15) is 34.3 Å². The van der Waals surface area contributed by atoms with Crippen molar-refractivity contribution in [2.75, 3.05) is 38.1 Å². The van der Waals surface area contributed by atoms with Gasteiger partial charge >= 0.3 is 0 Å². The van der Waals surface area contributed by atoms with Crippen molar-refractivity contribution in [2.24, 2.45) is 5.92 Å². The molecule has 9 heteroatoms. The van der Waals surface area contributed by atoms with E-state index < -0.39 is 10.0 Å². The summed E-state index contributed by atoms with van der Waals surface area (Å²) in [6.45, 7) is 5.53. The van der Waals surface area contributed by atoms with Gasteiger partial charge in [0.25, 0.3) is 15.9 Å². The fourth-order valence-electron chi connectivity index (χ4n) is 3.79. The highest BCUT2D eigenvalue weighted by Crippen LogP contribution is 2.22. The number of piperidine rings is 1. The van der Waals surface area contributed by atoms with Crippen LogP contribution in [0, 0.1) is 19.8 Å². The van der Waals surface area contributed by atoms with Gasteiger partial charge in [-0.15, -0.1) is 0 Å². The zero-order chi connectivity index (χ0) is 24.0. The van der Waals surface area contributed by atoms with Gasteiger partial charge in [-0.2, -0.15) is 0 Å². The van der Waals surface area contributed by atoms with Crippen molar-refractivity contribution in [1.82, 2.24) is 10.2 Å². The number of nitrogens with one attached hydrogen (secondary N) is 2. The molecule has 3 rings (SSSR count). The number of ether oxygens (including phenoxy) is 1. The Labute approximate surface area is 195 Å². The first kappa shape index (κ1) is 24.7. The van der Waals surface area contributed by atoms with Gasteiger partial charge in [0.05, 0.1) is 17.4 Å². The number of likely N-dealkylation sites (tertiary alicyclic amines) is 1. The molecule has 1 aliphatic rings. The lowest BCUT2D eigenvalue weighted by Gasteiger charge is -2.32. The zero-order valence-electron chi connectivity index (χ0n) is 19.3.